The number of aliphatic hydroxyl groups is 2. The third-order valence-electron chi connectivity index (χ3n) is 5.86. The number of primary amides is 1. The standard InChI is InChI=1S/C26H30F2N4O5/c1-26(2,36)10-9-16(24(29)34)13-22(33)21(12-15-7-8-17(27)18(28)11-15)32-25(35)37-23-14-30-19-5-3-4-6-20(19)31-23/h3-8,11,14,16,21-22,33,36H,9-10,12-13H2,1-2H3,(H2,29,34)(H,32,35)/t16-,21+,22+/m1/s1. The molecule has 3 atom stereocenters. The number of nitrogens with zero attached hydrogens (tertiary/aromatic N) is 2. The molecule has 2 aromatic carbocycles. The Hall–Kier alpha value is -3.70. The van der Waals surface area contributed by atoms with Crippen LogP contribution < -0.4 is 15.8 Å². The SMILES string of the molecule is CC(C)(O)CC[C@H](C[C@H](O)[C@H](Cc1ccc(F)c(F)c1)NC(=O)Oc1cnc2ccccc2n1)C(N)=O. The van der Waals surface area contributed by atoms with Crippen molar-refractivity contribution in [3.63, 3.8) is 0 Å². The molecular formula is C26H30F2N4O5. The maximum atomic E-state index is 13.8. The van der Waals surface area contributed by atoms with E-state index < -0.39 is 47.3 Å². The quantitative estimate of drug-likeness (QED) is 0.306. The van der Waals surface area contributed by atoms with Crippen molar-refractivity contribution in [3.8, 4) is 5.88 Å². The number of hydrogen-bond acceptors (Lipinski definition) is 7. The van der Waals surface area contributed by atoms with Crippen molar-refractivity contribution in [1.82, 2.24) is 15.3 Å². The molecule has 9 nitrogen and oxygen atoms in total. The second-order valence-corrected chi connectivity index (χ2v) is 9.54. The first-order chi connectivity index (χ1) is 17.4. The van der Waals surface area contributed by atoms with E-state index in [1.165, 1.54) is 12.3 Å². The Bertz CT molecular complexity index is 1250. The van der Waals surface area contributed by atoms with Crippen LogP contribution in [0.2, 0.25) is 0 Å². The molecule has 1 aromatic heterocycles. The molecular weight excluding hydrogens is 486 g/mol. The molecule has 5 N–H and O–H groups in total. The van der Waals surface area contributed by atoms with Gasteiger partial charge >= 0.3 is 6.09 Å². The van der Waals surface area contributed by atoms with Crippen LogP contribution >= 0.6 is 0 Å². The number of ether oxygens (including phenoxy) is 1. The summed E-state index contributed by atoms with van der Waals surface area (Å²) in [5.41, 5.74) is 5.85. The Kier molecular flexibility index (Phi) is 9.06. The van der Waals surface area contributed by atoms with Crippen LogP contribution in [0.25, 0.3) is 11.0 Å². The van der Waals surface area contributed by atoms with Crippen molar-refractivity contribution in [2.45, 2.75) is 57.3 Å². The van der Waals surface area contributed by atoms with Crippen LogP contribution in [0.3, 0.4) is 0 Å². The van der Waals surface area contributed by atoms with Gasteiger partial charge in [0.05, 0.1) is 35.0 Å². The lowest BCUT2D eigenvalue weighted by molar-refractivity contribution is -0.123. The summed E-state index contributed by atoms with van der Waals surface area (Å²) in [7, 11) is 0. The number of aliphatic hydroxyl groups excluding tert-OH is 1. The van der Waals surface area contributed by atoms with Crippen molar-refractivity contribution in [2.24, 2.45) is 11.7 Å². The first kappa shape index (κ1) is 27.9. The summed E-state index contributed by atoms with van der Waals surface area (Å²) >= 11 is 0. The highest BCUT2D eigenvalue weighted by Crippen LogP contribution is 2.22. The van der Waals surface area contributed by atoms with Crippen LogP contribution in [0.1, 0.15) is 38.7 Å². The smallest absolute Gasteiger partial charge is 0.391 e. The van der Waals surface area contributed by atoms with E-state index in [4.69, 9.17) is 10.5 Å². The van der Waals surface area contributed by atoms with E-state index in [9.17, 15) is 28.6 Å². The number of carbonyl (C=O) groups is 2. The predicted molar refractivity (Wildman–Crippen MR) is 131 cm³/mol. The summed E-state index contributed by atoms with van der Waals surface area (Å²) in [4.78, 5) is 33.1. The fourth-order valence-electron chi connectivity index (χ4n) is 3.83. The summed E-state index contributed by atoms with van der Waals surface area (Å²) in [5.74, 6) is -3.69. The maximum absolute atomic E-state index is 13.8. The number of rotatable bonds is 11. The molecule has 2 amide bonds. The highest BCUT2D eigenvalue weighted by molar-refractivity contribution is 5.77. The summed E-state index contributed by atoms with van der Waals surface area (Å²) in [5, 5.41) is 23.5. The fourth-order valence-corrected chi connectivity index (χ4v) is 3.83. The van der Waals surface area contributed by atoms with E-state index in [1.807, 2.05) is 0 Å². The van der Waals surface area contributed by atoms with E-state index in [2.05, 4.69) is 15.3 Å². The van der Waals surface area contributed by atoms with Gasteiger partial charge in [-0.3, -0.25) is 4.79 Å². The molecule has 0 radical (unpaired) electrons. The van der Waals surface area contributed by atoms with Gasteiger partial charge in [0.2, 0.25) is 11.8 Å². The van der Waals surface area contributed by atoms with Crippen LogP contribution in [0, 0.1) is 17.6 Å². The number of nitrogens with one attached hydrogen (secondary N) is 1. The van der Waals surface area contributed by atoms with Crippen LogP contribution in [-0.2, 0) is 11.2 Å². The molecule has 198 valence electrons. The molecule has 1 heterocycles. The van der Waals surface area contributed by atoms with Crippen molar-refractivity contribution in [2.75, 3.05) is 0 Å². The molecule has 0 unspecified atom stereocenters. The third kappa shape index (κ3) is 8.43. The van der Waals surface area contributed by atoms with Gasteiger partial charge in [0.1, 0.15) is 0 Å². The normalized spacial score (nSPS) is 14.1. The molecule has 0 aliphatic heterocycles. The first-order valence-corrected chi connectivity index (χ1v) is 11.7. The van der Waals surface area contributed by atoms with Gasteiger partial charge in [-0.05, 0) is 69.4 Å². The number of nitrogens with two attached hydrogens (primary N) is 1. The van der Waals surface area contributed by atoms with Gasteiger partial charge in [-0.2, -0.15) is 0 Å². The zero-order valence-electron chi connectivity index (χ0n) is 20.5. The van der Waals surface area contributed by atoms with Crippen LogP contribution in [0.5, 0.6) is 5.88 Å². The van der Waals surface area contributed by atoms with Crippen LogP contribution in [0.4, 0.5) is 13.6 Å². The van der Waals surface area contributed by atoms with E-state index in [1.54, 1.807) is 38.1 Å². The Morgan fingerprint density at radius 1 is 1.14 bits per heavy atom. The lowest BCUT2D eigenvalue weighted by atomic mass is 9.87. The molecule has 0 saturated heterocycles. The van der Waals surface area contributed by atoms with Crippen LogP contribution in [-0.4, -0.2) is 49.9 Å². The van der Waals surface area contributed by atoms with Crippen molar-refractivity contribution >= 4 is 23.0 Å². The number of hydrogen-bond donors (Lipinski definition) is 4. The van der Waals surface area contributed by atoms with E-state index in [0.717, 1.165) is 12.1 Å². The van der Waals surface area contributed by atoms with Gasteiger partial charge in [-0.1, -0.05) is 18.2 Å². The second-order valence-electron chi connectivity index (χ2n) is 9.54. The minimum Gasteiger partial charge on any atom is -0.391 e. The lowest BCUT2D eigenvalue weighted by Gasteiger charge is -2.27. The highest BCUT2D eigenvalue weighted by atomic mass is 19.2. The number of halogens is 2. The molecule has 0 aliphatic carbocycles. The Balaban J connectivity index is 1.77. The summed E-state index contributed by atoms with van der Waals surface area (Å²) < 4.78 is 32.4. The number of benzene rings is 2. The van der Waals surface area contributed by atoms with Gasteiger partial charge < -0.3 is 26.0 Å². The average molecular weight is 517 g/mol. The number of para-hydroxylation sites is 2. The summed E-state index contributed by atoms with van der Waals surface area (Å²) in [6.07, 6.45) is -0.820. The van der Waals surface area contributed by atoms with E-state index in [-0.39, 0.29) is 31.6 Å². The fraction of sp³-hybridized carbons (Fsp3) is 0.385. The topological polar surface area (TPSA) is 148 Å². The summed E-state index contributed by atoms with van der Waals surface area (Å²) in [6, 6.07) is 9.13. The predicted octanol–water partition coefficient (Wildman–Crippen LogP) is 3.01. The third-order valence-corrected chi connectivity index (χ3v) is 5.86. The van der Waals surface area contributed by atoms with Gasteiger partial charge in [-0.25, -0.2) is 23.5 Å². The van der Waals surface area contributed by atoms with Gasteiger partial charge in [0.15, 0.2) is 11.6 Å². The molecule has 11 heteroatoms. The van der Waals surface area contributed by atoms with Gasteiger partial charge in [0.25, 0.3) is 0 Å². The molecule has 3 aromatic rings. The zero-order chi connectivity index (χ0) is 27.2. The van der Waals surface area contributed by atoms with Crippen molar-refractivity contribution in [3.05, 3.63) is 65.9 Å². The molecule has 3 rings (SSSR count). The molecule has 0 bridgehead atoms. The molecule has 0 fully saturated rings. The Labute approximate surface area is 212 Å². The summed E-state index contributed by atoms with van der Waals surface area (Å²) in [6.45, 7) is 3.17. The van der Waals surface area contributed by atoms with Gasteiger partial charge in [0, 0.05) is 5.92 Å². The van der Waals surface area contributed by atoms with E-state index in [0.29, 0.717) is 16.6 Å². The first-order valence-electron chi connectivity index (χ1n) is 11.7. The molecule has 0 aliphatic rings. The zero-order valence-corrected chi connectivity index (χ0v) is 20.5. The second kappa shape index (κ2) is 12.0. The van der Waals surface area contributed by atoms with Gasteiger partial charge in [-0.15, -0.1) is 0 Å². The number of aromatic nitrogens is 2. The molecule has 37 heavy (non-hydrogen) atoms. The average Bonchev–Trinajstić information content (AvgIpc) is 2.82. The van der Waals surface area contributed by atoms with Crippen molar-refractivity contribution in [1.29, 1.82) is 0 Å². The number of amides is 2. The maximum Gasteiger partial charge on any atom is 0.414 e. The van der Waals surface area contributed by atoms with Crippen molar-refractivity contribution < 1.29 is 33.3 Å². The van der Waals surface area contributed by atoms with Crippen LogP contribution in [0.15, 0.2) is 48.7 Å². The molecule has 0 saturated carbocycles. The Morgan fingerprint density at radius 3 is 2.49 bits per heavy atom. The van der Waals surface area contributed by atoms with E-state index >= 15 is 0 Å². The minimum absolute atomic E-state index is 0.0857. The largest absolute Gasteiger partial charge is 0.414 e. The highest BCUT2D eigenvalue weighted by Gasteiger charge is 2.29. The Morgan fingerprint density at radius 2 is 1.84 bits per heavy atom. The molecule has 0 spiro atoms. The minimum atomic E-state index is -1.32. The number of carbonyl (C=O) groups excluding carboxylic acids is 2. The lowest BCUT2D eigenvalue weighted by Crippen LogP contribution is -2.47. The number of fused-ring (bicyclic) bond motifs is 1. The monoisotopic (exact) mass is 516 g/mol.